The van der Waals surface area contributed by atoms with Crippen LogP contribution in [0.15, 0.2) is 66.9 Å². The van der Waals surface area contributed by atoms with Gasteiger partial charge in [0.1, 0.15) is 24.8 Å². The summed E-state index contributed by atoms with van der Waals surface area (Å²) in [4.78, 5) is 50.5. The fourth-order valence-electron chi connectivity index (χ4n) is 8.29. The molecule has 11 nitrogen and oxygen atoms in total. The van der Waals surface area contributed by atoms with Crippen molar-refractivity contribution in [2.24, 2.45) is 0 Å². The number of methoxy groups -OCH3 is 1. The second-order valence-corrected chi connectivity index (χ2v) is 19.6. The number of carbonyl (C=O) groups is 3. The van der Waals surface area contributed by atoms with Crippen LogP contribution in [0.3, 0.4) is 0 Å². The lowest BCUT2D eigenvalue weighted by atomic mass is 10.0. The summed E-state index contributed by atoms with van der Waals surface area (Å²) in [5.41, 5.74) is 6.10. The van der Waals surface area contributed by atoms with Crippen molar-refractivity contribution in [1.29, 1.82) is 0 Å². The maximum Gasteiger partial charge on any atom is 0.255 e. The SMILES string of the molecule is COc1cc(N2CCC(NCCCCCC#Cc3cccc4c3CN(C3CCC(=O)NC3=O)C4=O)CC2)ccc1Cc1ncc(Cl)c(Cc2ccccc2P(C)(C)=O)n1. The van der Waals surface area contributed by atoms with Crippen LogP contribution in [0.2, 0.25) is 5.02 Å². The molecule has 0 bridgehead atoms. The highest BCUT2D eigenvalue weighted by Gasteiger charge is 2.39. The van der Waals surface area contributed by atoms with Gasteiger partial charge in [0, 0.05) is 91.3 Å². The van der Waals surface area contributed by atoms with Crippen LogP contribution in [-0.4, -0.2) is 84.7 Å². The van der Waals surface area contributed by atoms with E-state index in [0.29, 0.717) is 54.0 Å². The molecule has 3 aliphatic heterocycles. The number of carbonyl (C=O) groups excluding carboxylic acids is 3. The summed E-state index contributed by atoms with van der Waals surface area (Å²) in [6.07, 6.45) is 9.29. The number of ether oxygens (including phenoxy) is 1. The Kier molecular flexibility index (Phi) is 13.5. The molecule has 0 saturated carbocycles. The van der Waals surface area contributed by atoms with Crippen LogP contribution in [0.25, 0.3) is 0 Å². The maximum atomic E-state index is 13.1. The smallest absolute Gasteiger partial charge is 0.255 e. The molecule has 3 aliphatic rings. The van der Waals surface area contributed by atoms with Gasteiger partial charge in [0.25, 0.3) is 5.91 Å². The number of benzene rings is 3. The lowest BCUT2D eigenvalue weighted by molar-refractivity contribution is -0.136. The number of halogens is 1. The molecule has 1 atom stereocenters. The van der Waals surface area contributed by atoms with E-state index in [1.165, 1.54) is 0 Å². The molecular formula is C46H52ClN6O5P. The van der Waals surface area contributed by atoms with Crippen molar-refractivity contribution in [1.82, 2.24) is 25.5 Å². The van der Waals surface area contributed by atoms with E-state index < -0.39 is 19.1 Å². The molecule has 3 aromatic carbocycles. The Morgan fingerprint density at radius 2 is 1.78 bits per heavy atom. The van der Waals surface area contributed by atoms with Crippen molar-refractivity contribution in [2.75, 3.05) is 45.0 Å². The van der Waals surface area contributed by atoms with Gasteiger partial charge in [-0.05, 0) is 81.3 Å². The third-order valence-corrected chi connectivity index (χ3v) is 13.4. The molecule has 59 heavy (non-hydrogen) atoms. The quantitative estimate of drug-likeness (QED) is 0.0633. The molecule has 3 amide bonds. The fraction of sp³-hybridized carbons (Fsp3) is 0.413. The molecule has 0 radical (unpaired) electrons. The van der Waals surface area contributed by atoms with Crippen LogP contribution in [0.1, 0.15) is 95.5 Å². The Morgan fingerprint density at radius 1 is 0.966 bits per heavy atom. The average Bonchev–Trinajstić information content (AvgIpc) is 3.56. The van der Waals surface area contributed by atoms with E-state index in [0.717, 1.165) is 97.2 Å². The summed E-state index contributed by atoms with van der Waals surface area (Å²) in [5.74, 6) is 7.16. The van der Waals surface area contributed by atoms with Gasteiger partial charge in [-0.2, -0.15) is 0 Å². The number of hydrogen-bond donors (Lipinski definition) is 2. The van der Waals surface area contributed by atoms with Gasteiger partial charge >= 0.3 is 0 Å². The first-order valence-corrected chi connectivity index (χ1v) is 23.5. The zero-order valence-electron chi connectivity index (χ0n) is 34.1. The molecule has 0 aliphatic carbocycles. The van der Waals surface area contributed by atoms with E-state index in [-0.39, 0.29) is 18.2 Å². The third kappa shape index (κ3) is 10.2. The second kappa shape index (κ2) is 18.9. The Bertz CT molecular complexity index is 2330. The van der Waals surface area contributed by atoms with Crippen LogP contribution in [-0.2, 0) is 33.5 Å². The van der Waals surface area contributed by atoms with Crippen molar-refractivity contribution in [3.63, 3.8) is 0 Å². The fourth-order valence-corrected chi connectivity index (χ4v) is 9.74. The Morgan fingerprint density at radius 3 is 2.56 bits per heavy atom. The zero-order chi connectivity index (χ0) is 41.5. The van der Waals surface area contributed by atoms with Gasteiger partial charge < -0.3 is 24.4 Å². The minimum absolute atomic E-state index is 0.176. The molecular weight excluding hydrogens is 783 g/mol. The Hall–Kier alpha value is -5.01. The van der Waals surface area contributed by atoms with Crippen LogP contribution in [0.4, 0.5) is 5.69 Å². The number of rotatable bonds is 14. The van der Waals surface area contributed by atoms with Gasteiger partial charge in [0.05, 0.1) is 17.8 Å². The number of aromatic nitrogens is 2. The molecule has 2 saturated heterocycles. The number of nitrogens with zero attached hydrogens (tertiary/aromatic N) is 4. The minimum atomic E-state index is -2.47. The molecule has 2 fully saturated rings. The van der Waals surface area contributed by atoms with Crippen LogP contribution < -0.4 is 25.6 Å². The van der Waals surface area contributed by atoms with Gasteiger partial charge in [-0.3, -0.25) is 19.7 Å². The second-order valence-electron chi connectivity index (χ2n) is 16.0. The summed E-state index contributed by atoms with van der Waals surface area (Å²) in [7, 11) is -0.770. The van der Waals surface area contributed by atoms with Crippen LogP contribution >= 0.6 is 18.7 Å². The van der Waals surface area contributed by atoms with Crippen LogP contribution in [0.5, 0.6) is 5.75 Å². The number of imide groups is 1. The highest BCUT2D eigenvalue weighted by molar-refractivity contribution is 7.70. The predicted octanol–water partition coefficient (Wildman–Crippen LogP) is 6.50. The lowest BCUT2D eigenvalue weighted by Gasteiger charge is -2.34. The first-order chi connectivity index (χ1) is 28.5. The topological polar surface area (TPSA) is 134 Å². The molecule has 4 heterocycles. The maximum absolute atomic E-state index is 13.1. The van der Waals surface area contributed by atoms with E-state index in [1.54, 1.807) is 37.6 Å². The summed E-state index contributed by atoms with van der Waals surface area (Å²) in [6.45, 7) is 6.80. The number of piperidine rings is 2. The number of fused-ring (bicyclic) bond motifs is 1. The van der Waals surface area contributed by atoms with Gasteiger partial charge in [0.2, 0.25) is 11.8 Å². The lowest BCUT2D eigenvalue weighted by Crippen LogP contribution is -2.52. The Balaban J connectivity index is 0.836. The van der Waals surface area contributed by atoms with Crippen molar-refractivity contribution in [3.05, 3.63) is 111 Å². The first kappa shape index (κ1) is 42.1. The monoisotopic (exact) mass is 834 g/mol. The van der Waals surface area contributed by atoms with E-state index in [1.807, 2.05) is 36.4 Å². The highest BCUT2D eigenvalue weighted by atomic mass is 35.5. The molecule has 308 valence electrons. The highest BCUT2D eigenvalue weighted by Crippen LogP contribution is 2.37. The van der Waals surface area contributed by atoms with Gasteiger partial charge in [-0.25, -0.2) is 9.97 Å². The van der Waals surface area contributed by atoms with E-state index >= 15 is 0 Å². The first-order valence-electron chi connectivity index (χ1n) is 20.5. The normalized spacial score (nSPS) is 17.1. The zero-order valence-corrected chi connectivity index (χ0v) is 35.7. The number of unbranched alkanes of at least 4 members (excludes halogenated alkanes) is 3. The summed E-state index contributed by atoms with van der Waals surface area (Å²) >= 11 is 6.55. The van der Waals surface area contributed by atoms with Gasteiger partial charge in [0.15, 0.2) is 0 Å². The molecule has 1 aromatic heterocycles. The van der Waals surface area contributed by atoms with Crippen molar-refractivity contribution in [2.45, 2.75) is 82.8 Å². The summed E-state index contributed by atoms with van der Waals surface area (Å²) in [5, 5.41) is 7.46. The molecule has 4 aromatic rings. The standard InChI is InChI=1S/C46H52ClN6O5P/c1-58-41-28-35(18-17-32(41)27-43-49-29-38(47)39(50-43)26-33-13-8-9-16-42(33)59(2,3)57)52-24-21-34(22-25-52)48-23-10-6-4-5-7-12-31-14-11-15-36-37(31)30-53(46(36)56)40-19-20-44(54)51-45(40)55/h8-9,11,13-18,28-29,34,40,48H,4-6,10,19-27,30H2,1-3H3,(H,51,54,55). The van der Waals surface area contributed by atoms with E-state index in [2.05, 4.69) is 50.6 Å². The number of nitrogens with one attached hydrogen (secondary N) is 2. The molecule has 0 spiro atoms. The van der Waals surface area contributed by atoms with Crippen molar-refractivity contribution >= 4 is 47.5 Å². The van der Waals surface area contributed by atoms with E-state index in [9.17, 15) is 18.9 Å². The van der Waals surface area contributed by atoms with Crippen LogP contribution in [0, 0.1) is 11.8 Å². The molecule has 13 heteroatoms. The van der Waals surface area contributed by atoms with Gasteiger partial charge in [-0.1, -0.05) is 66.3 Å². The predicted molar refractivity (Wildman–Crippen MR) is 232 cm³/mol. The molecule has 7 rings (SSSR count). The summed E-state index contributed by atoms with van der Waals surface area (Å²) < 4.78 is 18.8. The number of anilines is 1. The number of amides is 3. The number of hydrogen-bond acceptors (Lipinski definition) is 9. The largest absolute Gasteiger partial charge is 0.496 e. The van der Waals surface area contributed by atoms with E-state index in [4.69, 9.17) is 21.3 Å². The Labute approximate surface area is 352 Å². The third-order valence-electron chi connectivity index (χ3n) is 11.5. The average molecular weight is 835 g/mol. The van der Waals surface area contributed by atoms with Gasteiger partial charge in [-0.15, -0.1) is 0 Å². The summed E-state index contributed by atoms with van der Waals surface area (Å²) in [6, 6.07) is 19.6. The van der Waals surface area contributed by atoms with Crippen molar-refractivity contribution in [3.8, 4) is 17.6 Å². The molecule has 1 unspecified atom stereocenters. The molecule has 2 N–H and O–H groups in total. The van der Waals surface area contributed by atoms with Crippen molar-refractivity contribution < 1.29 is 23.7 Å². The minimum Gasteiger partial charge on any atom is -0.496 e.